The SMILES string of the molecule is CCC(C)(C)NC(=O)[C@H]1CCCN(S(=O)(=O)c2cc3c(cc2C)NC(=O)[C@H](C)O3)C1. The van der Waals surface area contributed by atoms with Crippen molar-refractivity contribution >= 4 is 27.5 Å². The second-order valence-corrected chi connectivity index (χ2v) is 10.7. The maximum absolute atomic E-state index is 13.4. The number of carbonyl (C=O) groups excluding carboxylic acids is 2. The molecule has 0 aliphatic carbocycles. The molecule has 9 heteroatoms. The molecule has 0 bridgehead atoms. The Labute approximate surface area is 178 Å². The molecule has 1 aromatic carbocycles. The maximum atomic E-state index is 13.4. The van der Waals surface area contributed by atoms with Crippen LogP contribution in [0.25, 0.3) is 0 Å². The first-order valence-corrected chi connectivity index (χ1v) is 11.8. The Balaban J connectivity index is 1.84. The van der Waals surface area contributed by atoms with E-state index in [0.29, 0.717) is 36.4 Å². The molecule has 1 aromatic rings. The van der Waals surface area contributed by atoms with Gasteiger partial charge in [-0.1, -0.05) is 6.92 Å². The highest BCUT2D eigenvalue weighted by atomic mass is 32.2. The lowest BCUT2D eigenvalue weighted by molar-refractivity contribution is -0.127. The molecule has 2 heterocycles. The van der Waals surface area contributed by atoms with Crippen LogP contribution in [-0.4, -0.2) is 49.3 Å². The van der Waals surface area contributed by atoms with Crippen LogP contribution in [0.15, 0.2) is 17.0 Å². The summed E-state index contributed by atoms with van der Waals surface area (Å²) in [6.07, 6.45) is 1.38. The van der Waals surface area contributed by atoms with Crippen LogP contribution in [0.1, 0.15) is 52.5 Å². The number of piperidine rings is 1. The molecule has 3 rings (SSSR count). The predicted molar refractivity (Wildman–Crippen MR) is 114 cm³/mol. The molecule has 2 aliphatic heterocycles. The summed E-state index contributed by atoms with van der Waals surface area (Å²) in [6.45, 7) is 9.73. The fourth-order valence-corrected chi connectivity index (χ4v) is 5.40. The van der Waals surface area contributed by atoms with Crippen LogP contribution in [0.5, 0.6) is 5.75 Å². The number of fused-ring (bicyclic) bond motifs is 1. The van der Waals surface area contributed by atoms with Gasteiger partial charge in [-0.3, -0.25) is 9.59 Å². The first-order valence-electron chi connectivity index (χ1n) is 10.4. The van der Waals surface area contributed by atoms with E-state index < -0.39 is 16.1 Å². The lowest BCUT2D eigenvalue weighted by Crippen LogP contribution is -2.50. The number of rotatable bonds is 5. The molecule has 8 nitrogen and oxygen atoms in total. The van der Waals surface area contributed by atoms with Crippen LogP contribution in [0.2, 0.25) is 0 Å². The molecular weight excluding hydrogens is 406 g/mol. The summed E-state index contributed by atoms with van der Waals surface area (Å²) in [6, 6.07) is 3.09. The number of aryl methyl sites for hydroxylation is 1. The van der Waals surface area contributed by atoms with Crippen molar-refractivity contribution in [2.75, 3.05) is 18.4 Å². The average Bonchev–Trinajstić information content (AvgIpc) is 2.68. The van der Waals surface area contributed by atoms with E-state index in [9.17, 15) is 18.0 Å². The topological polar surface area (TPSA) is 105 Å². The minimum Gasteiger partial charge on any atom is -0.479 e. The molecular formula is C21H31N3O5S. The zero-order chi connectivity index (χ0) is 22.3. The highest BCUT2D eigenvalue weighted by Gasteiger charge is 2.36. The number of carbonyl (C=O) groups is 2. The number of sulfonamides is 1. The van der Waals surface area contributed by atoms with E-state index in [0.717, 1.165) is 6.42 Å². The Bertz CT molecular complexity index is 958. The Morgan fingerprint density at radius 3 is 2.73 bits per heavy atom. The summed E-state index contributed by atoms with van der Waals surface area (Å²) >= 11 is 0. The number of anilines is 1. The van der Waals surface area contributed by atoms with Gasteiger partial charge in [0, 0.05) is 24.7 Å². The molecule has 0 saturated carbocycles. The van der Waals surface area contributed by atoms with Crippen LogP contribution in [0, 0.1) is 12.8 Å². The number of nitrogens with one attached hydrogen (secondary N) is 2. The average molecular weight is 438 g/mol. The van der Waals surface area contributed by atoms with Crippen molar-refractivity contribution in [3.05, 3.63) is 17.7 Å². The molecule has 2 amide bonds. The van der Waals surface area contributed by atoms with Gasteiger partial charge in [-0.15, -0.1) is 0 Å². The first kappa shape index (κ1) is 22.6. The summed E-state index contributed by atoms with van der Waals surface area (Å²) < 4.78 is 33.8. The highest BCUT2D eigenvalue weighted by Crippen LogP contribution is 2.36. The number of hydrogen-bond acceptors (Lipinski definition) is 5. The third kappa shape index (κ3) is 4.46. The van der Waals surface area contributed by atoms with E-state index in [-0.39, 0.29) is 34.7 Å². The van der Waals surface area contributed by atoms with Crippen LogP contribution >= 0.6 is 0 Å². The van der Waals surface area contributed by atoms with E-state index in [4.69, 9.17) is 4.74 Å². The van der Waals surface area contributed by atoms with Gasteiger partial charge in [0.15, 0.2) is 6.10 Å². The second-order valence-electron chi connectivity index (χ2n) is 8.79. The van der Waals surface area contributed by atoms with Gasteiger partial charge < -0.3 is 15.4 Å². The molecule has 2 atom stereocenters. The Morgan fingerprint density at radius 2 is 2.07 bits per heavy atom. The summed E-state index contributed by atoms with van der Waals surface area (Å²) in [5.74, 6) is -0.420. The molecule has 2 aliphatic rings. The number of ether oxygens (including phenoxy) is 1. The quantitative estimate of drug-likeness (QED) is 0.736. The largest absolute Gasteiger partial charge is 0.479 e. The number of nitrogens with zero attached hydrogens (tertiary/aromatic N) is 1. The van der Waals surface area contributed by atoms with Gasteiger partial charge in [0.05, 0.1) is 16.5 Å². The van der Waals surface area contributed by atoms with Gasteiger partial charge in [0.25, 0.3) is 5.91 Å². The van der Waals surface area contributed by atoms with Crippen molar-refractivity contribution in [3.8, 4) is 5.75 Å². The standard InChI is InChI=1S/C21H31N3O5S/c1-6-21(4,5)23-20(26)15-8-7-9-24(12-15)30(27,28)18-11-17-16(10-13(18)2)22-19(25)14(3)29-17/h10-11,14-15H,6-9,12H2,1-5H3,(H,22,25)(H,23,26)/t14-,15-/m0/s1. The summed E-state index contributed by atoms with van der Waals surface area (Å²) in [5.41, 5.74) is 0.657. The Kier molecular flexibility index (Phi) is 6.15. The Hall–Kier alpha value is -2.13. The molecule has 166 valence electrons. The van der Waals surface area contributed by atoms with Crippen molar-refractivity contribution < 1.29 is 22.7 Å². The fraction of sp³-hybridized carbons (Fsp3) is 0.619. The van der Waals surface area contributed by atoms with Crippen molar-refractivity contribution in [1.82, 2.24) is 9.62 Å². The minimum atomic E-state index is -3.81. The maximum Gasteiger partial charge on any atom is 0.265 e. The lowest BCUT2D eigenvalue weighted by atomic mass is 9.95. The monoisotopic (exact) mass is 437 g/mol. The van der Waals surface area contributed by atoms with E-state index in [2.05, 4.69) is 10.6 Å². The van der Waals surface area contributed by atoms with Gasteiger partial charge >= 0.3 is 0 Å². The molecule has 2 N–H and O–H groups in total. The number of hydrogen-bond donors (Lipinski definition) is 2. The van der Waals surface area contributed by atoms with E-state index in [1.165, 1.54) is 10.4 Å². The molecule has 0 aromatic heterocycles. The van der Waals surface area contributed by atoms with Gasteiger partial charge in [0.2, 0.25) is 15.9 Å². The molecule has 1 fully saturated rings. The fourth-order valence-electron chi connectivity index (χ4n) is 3.66. The third-order valence-electron chi connectivity index (χ3n) is 5.93. The molecule has 0 unspecified atom stereocenters. The van der Waals surface area contributed by atoms with Crippen LogP contribution < -0.4 is 15.4 Å². The third-order valence-corrected chi connectivity index (χ3v) is 7.93. The van der Waals surface area contributed by atoms with Gasteiger partial charge in [-0.25, -0.2) is 8.42 Å². The van der Waals surface area contributed by atoms with Gasteiger partial charge in [-0.05, 0) is 58.6 Å². The van der Waals surface area contributed by atoms with Gasteiger partial charge in [-0.2, -0.15) is 4.31 Å². The smallest absolute Gasteiger partial charge is 0.265 e. The van der Waals surface area contributed by atoms with Crippen molar-refractivity contribution in [2.24, 2.45) is 5.92 Å². The van der Waals surface area contributed by atoms with Crippen molar-refractivity contribution in [3.63, 3.8) is 0 Å². The molecule has 1 saturated heterocycles. The number of amides is 2. The summed E-state index contributed by atoms with van der Waals surface area (Å²) in [4.78, 5) is 24.7. The summed E-state index contributed by atoms with van der Waals surface area (Å²) in [7, 11) is -3.81. The minimum absolute atomic E-state index is 0.108. The second kappa shape index (κ2) is 8.19. The molecule has 0 spiro atoms. The van der Waals surface area contributed by atoms with Gasteiger partial charge in [0.1, 0.15) is 5.75 Å². The van der Waals surface area contributed by atoms with Crippen molar-refractivity contribution in [2.45, 2.75) is 70.4 Å². The van der Waals surface area contributed by atoms with Crippen LogP contribution in [-0.2, 0) is 19.6 Å². The summed E-state index contributed by atoms with van der Waals surface area (Å²) in [5, 5.41) is 5.76. The zero-order valence-corrected chi connectivity index (χ0v) is 19.1. The van der Waals surface area contributed by atoms with Crippen LogP contribution in [0.4, 0.5) is 5.69 Å². The van der Waals surface area contributed by atoms with Crippen molar-refractivity contribution in [1.29, 1.82) is 0 Å². The Morgan fingerprint density at radius 1 is 1.37 bits per heavy atom. The molecule has 30 heavy (non-hydrogen) atoms. The lowest BCUT2D eigenvalue weighted by Gasteiger charge is -2.34. The van der Waals surface area contributed by atoms with Crippen LogP contribution in [0.3, 0.4) is 0 Å². The van der Waals surface area contributed by atoms with E-state index in [1.54, 1.807) is 19.9 Å². The number of benzene rings is 1. The molecule has 0 radical (unpaired) electrons. The first-order chi connectivity index (χ1) is 13.9. The zero-order valence-electron chi connectivity index (χ0n) is 18.2. The predicted octanol–water partition coefficient (Wildman–Crippen LogP) is 2.42. The normalized spacial score (nSPS) is 22.6. The van der Waals surface area contributed by atoms with E-state index in [1.807, 2.05) is 20.8 Å². The highest BCUT2D eigenvalue weighted by molar-refractivity contribution is 7.89. The van der Waals surface area contributed by atoms with E-state index >= 15 is 0 Å².